The van der Waals surface area contributed by atoms with E-state index in [1.54, 1.807) is 12.5 Å². The first-order valence-corrected chi connectivity index (χ1v) is 17.6. The van der Waals surface area contributed by atoms with Gasteiger partial charge in [0, 0.05) is 48.6 Å². The van der Waals surface area contributed by atoms with E-state index in [0.29, 0.717) is 6.61 Å². The van der Waals surface area contributed by atoms with Crippen LogP contribution in [0.1, 0.15) is 152 Å². The van der Waals surface area contributed by atoms with Crippen molar-refractivity contribution >= 4 is 0 Å². The monoisotopic (exact) mass is 724 g/mol. The number of furan rings is 2. The van der Waals surface area contributed by atoms with E-state index in [9.17, 15) is 0 Å². The predicted octanol–water partition coefficient (Wildman–Crippen LogP) is 11.7. The molecule has 0 bridgehead atoms. The minimum absolute atomic E-state index is 0. The molecule has 4 saturated carbocycles. The maximum absolute atomic E-state index is 8.87. The van der Waals surface area contributed by atoms with Crippen LogP contribution in [0.5, 0.6) is 0 Å². The van der Waals surface area contributed by atoms with Crippen LogP contribution in [0.15, 0.2) is 45.6 Å². The van der Waals surface area contributed by atoms with Crippen molar-refractivity contribution in [2.24, 2.45) is 17.8 Å². The zero-order chi connectivity index (χ0) is 28.5. The molecule has 0 amide bonds. The molecule has 6 heteroatoms. The molecular weight excluding hydrogens is 654 g/mol. The first-order chi connectivity index (χ1) is 20.2. The van der Waals surface area contributed by atoms with Gasteiger partial charge in [0.2, 0.25) is 0 Å². The Labute approximate surface area is 307 Å². The molecule has 2 unspecified atom stereocenters. The van der Waals surface area contributed by atoms with Crippen molar-refractivity contribution in [3.05, 3.63) is 70.6 Å². The second-order valence-corrected chi connectivity index (χ2v) is 13.7. The third kappa shape index (κ3) is 17.3. The van der Waals surface area contributed by atoms with E-state index in [0.717, 1.165) is 36.0 Å². The van der Waals surface area contributed by atoms with Crippen LogP contribution in [0, 0.1) is 40.0 Å². The van der Waals surface area contributed by atoms with Gasteiger partial charge in [0.25, 0.3) is 0 Å². The molecule has 2 aromatic rings. The first kappa shape index (κ1) is 47.6. The van der Waals surface area contributed by atoms with Crippen molar-refractivity contribution < 1.29 is 48.1 Å². The van der Waals surface area contributed by atoms with Crippen LogP contribution in [-0.2, 0) is 34.1 Å². The Morgan fingerprint density at radius 1 is 0.652 bits per heavy atom. The molecule has 4 aliphatic rings. The molecule has 0 spiro atoms. The Morgan fingerprint density at radius 2 is 1.15 bits per heavy atom. The normalized spacial score (nSPS) is 21.0. The van der Waals surface area contributed by atoms with E-state index in [4.69, 9.17) is 13.9 Å². The number of unbranched alkanes of at least 4 members (excludes halogenated alkanes) is 3. The topological polar surface area (TPSA) is 49.8 Å². The molecule has 4 fully saturated rings. The van der Waals surface area contributed by atoms with E-state index in [1.165, 1.54) is 147 Å². The maximum Gasteiger partial charge on any atom is 2.00 e. The Balaban J connectivity index is 0. The molecule has 0 aliphatic heterocycles. The smallest absolute Gasteiger partial charge is 0.469 e. The molecule has 4 aliphatic carbocycles. The van der Waals surface area contributed by atoms with E-state index in [2.05, 4.69) is 24.0 Å². The number of rotatable bonds is 12. The second-order valence-electron chi connectivity index (χ2n) is 13.7. The van der Waals surface area contributed by atoms with Gasteiger partial charge in [-0.1, -0.05) is 71.1 Å². The Bertz CT molecular complexity index is 826. The predicted molar refractivity (Wildman–Crippen MR) is 190 cm³/mol. The number of hydrogen-bond donors (Lipinski definition) is 1. The van der Waals surface area contributed by atoms with E-state index < -0.39 is 0 Å². The fourth-order valence-electron chi connectivity index (χ4n) is 7.91. The largest absolute Gasteiger partial charge is 2.00 e. The molecule has 270 valence electrons. The van der Waals surface area contributed by atoms with Gasteiger partial charge in [0.1, 0.15) is 11.5 Å². The van der Waals surface area contributed by atoms with E-state index in [1.807, 2.05) is 12.1 Å². The molecule has 0 aromatic carbocycles. The van der Waals surface area contributed by atoms with Crippen molar-refractivity contribution in [2.75, 3.05) is 26.2 Å². The summed E-state index contributed by atoms with van der Waals surface area (Å²) < 4.78 is 10.6. The average Bonchev–Trinajstić information content (AvgIpc) is 3.82. The SMILES string of the molecule is CC1CCCC1CN(CCCCCCO)CC1CCCC1.[CH3-].[CH3-].[CH3-].[Fe+2].[Fe].c1coc(C2CCCC2)c1.c1coc(C2CCCC2)c1. The molecule has 0 saturated heterocycles. The summed E-state index contributed by atoms with van der Waals surface area (Å²) in [6, 6.07) is 8.15. The molecule has 1 N–H and O–H groups in total. The number of nitrogens with zero attached hydrogens (tertiary/aromatic N) is 1. The zero-order valence-electron chi connectivity index (χ0n) is 30.0. The van der Waals surface area contributed by atoms with Gasteiger partial charge in [0.15, 0.2) is 0 Å². The third-order valence-corrected chi connectivity index (χ3v) is 10.5. The zero-order valence-corrected chi connectivity index (χ0v) is 32.2. The molecule has 46 heavy (non-hydrogen) atoms. The van der Waals surface area contributed by atoms with Gasteiger partial charge in [-0.05, 0) is 106 Å². The molecule has 4 nitrogen and oxygen atoms in total. The van der Waals surface area contributed by atoms with Crippen LogP contribution >= 0.6 is 0 Å². The summed E-state index contributed by atoms with van der Waals surface area (Å²) in [6.07, 6.45) is 29.4. The maximum atomic E-state index is 8.87. The average molecular weight is 725 g/mol. The van der Waals surface area contributed by atoms with Gasteiger partial charge in [-0.25, -0.2) is 0 Å². The number of aliphatic hydroxyl groups is 1. The van der Waals surface area contributed by atoms with Gasteiger partial charge in [-0.15, -0.1) is 0 Å². The van der Waals surface area contributed by atoms with Crippen LogP contribution in [0.2, 0.25) is 0 Å². The minimum atomic E-state index is 0. The van der Waals surface area contributed by atoms with Gasteiger partial charge >= 0.3 is 17.1 Å². The van der Waals surface area contributed by atoms with Gasteiger partial charge in [-0.3, -0.25) is 0 Å². The molecule has 0 radical (unpaired) electrons. The van der Waals surface area contributed by atoms with Crippen LogP contribution < -0.4 is 0 Å². The summed E-state index contributed by atoms with van der Waals surface area (Å²) in [5, 5.41) is 8.87. The Hall–Kier alpha value is -0.481. The molecule has 2 heterocycles. The van der Waals surface area contributed by atoms with Crippen molar-refractivity contribution in [3.8, 4) is 0 Å². The van der Waals surface area contributed by atoms with Crippen molar-refractivity contribution in [1.29, 1.82) is 0 Å². The van der Waals surface area contributed by atoms with Crippen LogP contribution in [0.25, 0.3) is 0 Å². The van der Waals surface area contributed by atoms with Gasteiger partial charge in [-0.2, -0.15) is 0 Å². The van der Waals surface area contributed by atoms with Crippen molar-refractivity contribution in [3.63, 3.8) is 0 Å². The van der Waals surface area contributed by atoms with E-state index >= 15 is 0 Å². The molecular formula is C40H70Fe2NO3-. The summed E-state index contributed by atoms with van der Waals surface area (Å²) in [4.78, 5) is 2.81. The summed E-state index contributed by atoms with van der Waals surface area (Å²) in [5.41, 5.74) is 0. The minimum Gasteiger partial charge on any atom is -0.469 e. The number of aliphatic hydroxyl groups excluding tert-OH is 1. The quantitative estimate of drug-likeness (QED) is 0.135. The van der Waals surface area contributed by atoms with Crippen LogP contribution in [-0.4, -0.2) is 36.2 Å². The summed E-state index contributed by atoms with van der Waals surface area (Å²) in [7, 11) is 0. The van der Waals surface area contributed by atoms with Crippen LogP contribution in [0.4, 0.5) is 0 Å². The number of hydrogen-bond acceptors (Lipinski definition) is 4. The fourth-order valence-corrected chi connectivity index (χ4v) is 7.91. The second kappa shape index (κ2) is 28.4. The van der Waals surface area contributed by atoms with E-state index in [-0.39, 0.29) is 56.4 Å². The molecule has 6 rings (SSSR count). The van der Waals surface area contributed by atoms with Gasteiger partial charge in [0.05, 0.1) is 12.5 Å². The summed E-state index contributed by atoms with van der Waals surface area (Å²) >= 11 is 0. The fraction of sp³-hybridized carbons (Fsp3) is 0.725. The molecule has 2 aromatic heterocycles. The summed E-state index contributed by atoms with van der Waals surface area (Å²) in [6.45, 7) is 6.85. The molecule has 2 atom stereocenters. The Kier molecular flexibility index (Phi) is 29.4. The summed E-state index contributed by atoms with van der Waals surface area (Å²) in [5.74, 6) is 6.74. The standard InChI is InChI=1S/C19H37NO.2C9H12O.3CH3.2Fe/c1-17-9-8-12-19(17)16-20(13-6-2-3-7-14-21)15-18-10-4-5-11-18;2*1-2-5-8(4-1)9-6-3-7-10-9;;;;;/h17-19,21H,2-16H2,1H3;2*3,6-8H,1-2,4-5H2;3*1H3;;/q;;;3*-1;;+2. The first-order valence-electron chi connectivity index (χ1n) is 17.6. The third-order valence-electron chi connectivity index (χ3n) is 10.5. The van der Waals surface area contributed by atoms with Gasteiger partial charge < -0.3 is 41.1 Å². The van der Waals surface area contributed by atoms with Crippen LogP contribution in [0.3, 0.4) is 0 Å². The van der Waals surface area contributed by atoms with Crippen molar-refractivity contribution in [2.45, 2.75) is 141 Å². The Morgan fingerprint density at radius 3 is 1.59 bits per heavy atom. The van der Waals surface area contributed by atoms with Crippen molar-refractivity contribution in [1.82, 2.24) is 4.90 Å².